The quantitative estimate of drug-likeness (QED) is 0.670. The van der Waals surface area contributed by atoms with Crippen LogP contribution in [0.1, 0.15) is 12.5 Å². The first kappa shape index (κ1) is 13.9. The summed E-state index contributed by atoms with van der Waals surface area (Å²) >= 11 is 0. The molecule has 0 unspecified atom stereocenters. The number of rotatable bonds is 4. The summed E-state index contributed by atoms with van der Waals surface area (Å²) in [4.78, 5) is 24.6. The third-order valence-corrected chi connectivity index (χ3v) is 3.00. The van der Waals surface area contributed by atoms with Crippen molar-refractivity contribution in [3.8, 4) is 11.5 Å². The molecule has 1 aliphatic heterocycles. The van der Waals surface area contributed by atoms with Crippen LogP contribution >= 0.6 is 0 Å². The number of hydrogen-bond acceptors (Lipinski definition) is 4. The van der Waals surface area contributed by atoms with Crippen molar-refractivity contribution in [1.82, 2.24) is 10.2 Å². The number of methoxy groups -OCH3 is 2. The highest BCUT2D eigenvalue weighted by atomic mass is 16.5. The number of carbonyl (C=O) groups excluding carboxylic acids is 2. The Bertz CT molecular complexity index is 581. The van der Waals surface area contributed by atoms with Crippen molar-refractivity contribution in [1.29, 1.82) is 0 Å². The molecule has 0 atom stereocenters. The van der Waals surface area contributed by atoms with Crippen LogP contribution in [0.3, 0.4) is 0 Å². The first-order valence-electron chi connectivity index (χ1n) is 6.17. The maximum absolute atomic E-state index is 11.9. The van der Waals surface area contributed by atoms with Gasteiger partial charge < -0.3 is 14.8 Å². The van der Waals surface area contributed by atoms with Crippen molar-refractivity contribution in [2.75, 3.05) is 20.8 Å². The number of ether oxygens (including phenoxy) is 2. The van der Waals surface area contributed by atoms with E-state index in [1.807, 2.05) is 0 Å². The smallest absolute Gasteiger partial charge is 0.328 e. The standard InChI is InChI=1S/C14H16N2O4/c1-4-16-13(17)10(15-14(16)18)7-9-5-6-11(19-2)12(8-9)20-3/h5-8H,4H2,1-3H3,(H,15,18)/b10-7-. The van der Waals surface area contributed by atoms with Crippen molar-refractivity contribution >= 4 is 18.0 Å². The Morgan fingerprint density at radius 2 is 1.90 bits per heavy atom. The van der Waals surface area contributed by atoms with E-state index in [2.05, 4.69) is 5.32 Å². The normalized spacial score (nSPS) is 16.6. The van der Waals surface area contributed by atoms with E-state index >= 15 is 0 Å². The van der Waals surface area contributed by atoms with Gasteiger partial charge in [-0.3, -0.25) is 9.69 Å². The molecule has 6 nitrogen and oxygen atoms in total. The molecule has 1 aromatic rings. The lowest BCUT2D eigenvalue weighted by Gasteiger charge is -2.08. The molecular formula is C14H16N2O4. The van der Waals surface area contributed by atoms with Crippen LogP contribution in [-0.2, 0) is 4.79 Å². The average Bonchev–Trinajstić information content (AvgIpc) is 2.72. The molecule has 1 fully saturated rings. The van der Waals surface area contributed by atoms with Gasteiger partial charge in [0.05, 0.1) is 14.2 Å². The summed E-state index contributed by atoms with van der Waals surface area (Å²) in [6.45, 7) is 2.09. The van der Waals surface area contributed by atoms with Gasteiger partial charge in [-0.05, 0) is 30.7 Å². The summed E-state index contributed by atoms with van der Waals surface area (Å²) in [5, 5.41) is 2.55. The highest BCUT2D eigenvalue weighted by Crippen LogP contribution is 2.28. The molecule has 0 bridgehead atoms. The maximum atomic E-state index is 11.9. The molecule has 6 heteroatoms. The number of nitrogens with zero attached hydrogens (tertiary/aromatic N) is 1. The minimum atomic E-state index is -0.399. The van der Waals surface area contributed by atoms with Crippen LogP contribution in [0.2, 0.25) is 0 Å². The Morgan fingerprint density at radius 3 is 2.45 bits per heavy atom. The predicted molar refractivity (Wildman–Crippen MR) is 73.4 cm³/mol. The number of imide groups is 1. The molecule has 3 amide bonds. The second-order valence-corrected chi connectivity index (χ2v) is 4.15. The van der Waals surface area contributed by atoms with Gasteiger partial charge in [0.15, 0.2) is 11.5 Å². The Kier molecular flexibility index (Phi) is 3.93. The molecule has 20 heavy (non-hydrogen) atoms. The number of amides is 3. The van der Waals surface area contributed by atoms with Crippen molar-refractivity contribution in [3.05, 3.63) is 29.5 Å². The Labute approximate surface area is 117 Å². The molecule has 0 spiro atoms. The molecule has 1 saturated heterocycles. The minimum absolute atomic E-state index is 0.254. The van der Waals surface area contributed by atoms with Crippen LogP contribution in [0.5, 0.6) is 11.5 Å². The molecule has 1 heterocycles. The Balaban J connectivity index is 2.32. The van der Waals surface area contributed by atoms with E-state index in [4.69, 9.17) is 9.47 Å². The highest BCUT2D eigenvalue weighted by Gasteiger charge is 2.31. The van der Waals surface area contributed by atoms with Gasteiger partial charge in [-0.15, -0.1) is 0 Å². The van der Waals surface area contributed by atoms with Gasteiger partial charge in [-0.25, -0.2) is 4.79 Å². The third-order valence-electron chi connectivity index (χ3n) is 3.00. The molecule has 2 rings (SSSR count). The topological polar surface area (TPSA) is 67.9 Å². The van der Waals surface area contributed by atoms with E-state index < -0.39 is 6.03 Å². The number of nitrogens with one attached hydrogen (secondary N) is 1. The highest BCUT2D eigenvalue weighted by molar-refractivity contribution is 6.13. The van der Waals surface area contributed by atoms with E-state index in [0.29, 0.717) is 18.0 Å². The number of carbonyl (C=O) groups is 2. The summed E-state index contributed by atoms with van der Waals surface area (Å²) in [5.41, 5.74) is 0.994. The molecule has 1 aliphatic rings. The lowest BCUT2D eigenvalue weighted by atomic mass is 10.1. The first-order valence-corrected chi connectivity index (χ1v) is 6.17. The van der Waals surface area contributed by atoms with E-state index in [1.165, 1.54) is 7.11 Å². The van der Waals surface area contributed by atoms with E-state index in [9.17, 15) is 9.59 Å². The largest absolute Gasteiger partial charge is 0.493 e. The molecule has 106 valence electrons. The Hall–Kier alpha value is -2.50. The summed E-state index contributed by atoms with van der Waals surface area (Å²) in [5.74, 6) is 0.838. The van der Waals surface area contributed by atoms with Gasteiger partial charge in [0, 0.05) is 6.54 Å². The van der Waals surface area contributed by atoms with Crippen molar-refractivity contribution in [3.63, 3.8) is 0 Å². The molecule has 0 radical (unpaired) electrons. The zero-order valence-electron chi connectivity index (χ0n) is 11.6. The van der Waals surface area contributed by atoms with Gasteiger partial charge in [-0.2, -0.15) is 0 Å². The molecule has 0 aliphatic carbocycles. The van der Waals surface area contributed by atoms with E-state index in [-0.39, 0.29) is 11.6 Å². The summed E-state index contributed by atoms with van der Waals surface area (Å²) in [7, 11) is 3.09. The van der Waals surface area contributed by atoms with Gasteiger partial charge in [-0.1, -0.05) is 6.07 Å². The lowest BCUT2D eigenvalue weighted by molar-refractivity contribution is -0.122. The first-order chi connectivity index (χ1) is 9.60. The van der Waals surface area contributed by atoms with Gasteiger partial charge in [0.2, 0.25) is 0 Å². The minimum Gasteiger partial charge on any atom is -0.493 e. The molecule has 1 N–H and O–H groups in total. The van der Waals surface area contributed by atoms with Crippen molar-refractivity contribution in [2.24, 2.45) is 0 Å². The third kappa shape index (κ3) is 2.45. The van der Waals surface area contributed by atoms with E-state index in [0.717, 1.165) is 10.5 Å². The van der Waals surface area contributed by atoms with Crippen LogP contribution in [0, 0.1) is 0 Å². The fourth-order valence-electron chi connectivity index (χ4n) is 1.97. The van der Waals surface area contributed by atoms with Gasteiger partial charge in [0.25, 0.3) is 5.91 Å². The van der Waals surface area contributed by atoms with Crippen LogP contribution < -0.4 is 14.8 Å². The fourth-order valence-corrected chi connectivity index (χ4v) is 1.97. The summed E-state index contributed by atoms with van der Waals surface area (Å²) in [6.07, 6.45) is 1.61. The van der Waals surface area contributed by atoms with Crippen LogP contribution in [0.15, 0.2) is 23.9 Å². The van der Waals surface area contributed by atoms with Crippen LogP contribution in [-0.4, -0.2) is 37.6 Å². The predicted octanol–water partition coefficient (Wildman–Crippen LogP) is 1.62. The average molecular weight is 276 g/mol. The monoisotopic (exact) mass is 276 g/mol. The van der Waals surface area contributed by atoms with Crippen LogP contribution in [0.4, 0.5) is 4.79 Å². The second kappa shape index (κ2) is 5.64. The fraction of sp³-hybridized carbons (Fsp3) is 0.286. The van der Waals surface area contributed by atoms with E-state index in [1.54, 1.807) is 38.3 Å². The maximum Gasteiger partial charge on any atom is 0.328 e. The van der Waals surface area contributed by atoms with Crippen molar-refractivity contribution in [2.45, 2.75) is 6.92 Å². The number of benzene rings is 1. The number of likely N-dealkylation sites (N-methyl/N-ethyl adjacent to an activating group) is 1. The molecule has 0 saturated carbocycles. The number of urea groups is 1. The SMILES string of the molecule is CCN1C(=O)N/C(=C\c2ccc(OC)c(OC)c2)C1=O. The van der Waals surface area contributed by atoms with Gasteiger partial charge >= 0.3 is 6.03 Å². The molecule has 1 aromatic carbocycles. The molecule has 0 aromatic heterocycles. The van der Waals surface area contributed by atoms with Crippen LogP contribution in [0.25, 0.3) is 6.08 Å². The van der Waals surface area contributed by atoms with Crippen molar-refractivity contribution < 1.29 is 19.1 Å². The zero-order chi connectivity index (χ0) is 14.7. The van der Waals surface area contributed by atoms with Gasteiger partial charge in [0.1, 0.15) is 5.70 Å². The lowest BCUT2D eigenvalue weighted by Crippen LogP contribution is -2.30. The second-order valence-electron chi connectivity index (χ2n) is 4.15. The zero-order valence-corrected chi connectivity index (χ0v) is 11.6. The summed E-state index contributed by atoms with van der Waals surface area (Å²) in [6, 6.07) is 4.86. The Morgan fingerprint density at radius 1 is 1.20 bits per heavy atom. The molecular weight excluding hydrogens is 260 g/mol. The number of hydrogen-bond donors (Lipinski definition) is 1. The summed E-state index contributed by atoms with van der Waals surface area (Å²) < 4.78 is 10.3.